The van der Waals surface area contributed by atoms with Gasteiger partial charge in [0.05, 0.1) is 19.3 Å². The van der Waals surface area contributed by atoms with Gasteiger partial charge in [0, 0.05) is 6.20 Å². The van der Waals surface area contributed by atoms with Crippen LogP contribution < -0.4 is 19.9 Å². The first kappa shape index (κ1) is 12.7. The highest BCUT2D eigenvalue weighted by Crippen LogP contribution is 2.33. The third kappa shape index (κ3) is 2.40. The first-order valence-electron chi connectivity index (χ1n) is 6.41. The smallest absolute Gasteiger partial charge is 0.161 e. The van der Waals surface area contributed by atoms with Crippen molar-refractivity contribution in [2.75, 3.05) is 13.7 Å². The average molecular weight is 272 g/mol. The number of aromatic nitrogens is 1. The van der Waals surface area contributed by atoms with Crippen LogP contribution >= 0.6 is 0 Å². The number of benzene rings is 1. The number of hydrogen-bond acceptors (Lipinski definition) is 5. The number of nitrogens with zero attached hydrogens (tertiary/aromatic N) is 1. The van der Waals surface area contributed by atoms with Gasteiger partial charge in [-0.3, -0.25) is 4.98 Å². The molecule has 1 aromatic heterocycles. The van der Waals surface area contributed by atoms with Gasteiger partial charge in [-0.15, -0.1) is 0 Å². The lowest BCUT2D eigenvalue weighted by Gasteiger charge is -2.30. The second-order valence-corrected chi connectivity index (χ2v) is 4.60. The van der Waals surface area contributed by atoms with Crippen LogP contribution in [-0.2, 0) is 0 Å². The van der Waals surface area contributed by atoms with Crippen LogP contribution in [0.3, 0.4) is 0 Å². The lowest BCUT2D eigenvalue weighted by atomic mass is 10.0. The molecule has 2 heterocycles. The van der Waals surface area contributed by atoms with Crippen molar-refractivity contribution in [3.8, 4) is 17.2 Å². The maximum atomic E-state index is 6.25. The van der Waals surface area contributed by atoms with Gasteiger partial charge in [0.2, 0.25) is 0 Å². The summed E-state index contributed by atoms with van der Waals surface area (Å²) < 4.78 is 16.7. The van der Waals surface area contributed by atoms with E-state index in [0.29, 0.717) is 12.4 Å². The molecule has 0 fully saturated rings. The van der Waals surface area contributed by atoms with Crippen molar-refractivity contribution < 1.29 is 14.2 Å². The van der Waals surface area contributed by atoms with E-state index in [2.05, 4.69) is 4.98 Å². The Bertz CT molecular complexity index is 603. The molecular weight excluding hydrogens is 256 g/mol. The quantitative estimate of drug-likeness (QED) is 0.924. The summed E-state index contributed by atoms with van der Waals surface area (Å²) in [6, 6.07) is 9.10. The molecule has 0 saturated carbocycles. The third-order valence-electron chi connectivity index (χ3n) is 3.29. The van der Waals surface area contributed by atoms with Gasteiger partial charge in [0.1, 0.15) is 12.4 Å². The second-order valence-electron chi connectivity index (χ2n) is 4.60. The Morgan fingerprint density at radius 3 is 2.90 bits per heavy atom. The molecule has 104 valence electrons. The zero-order valence-electron chi connectivity index (χ0n) is 11.2. The van der Waals surface area contributed by atoms with Crippen LogP contribution in [0, 0.1) is 0 Å². The van der Waals surface area contributed by atoms with Crippen LogP contribution in [0.1, 0.15) is 11.6 Å². The molecule has 0 spiro atoms. The van der Waals surface area contributed by atoms with E-state index in [1.807, 2.05) is 30.3 Å². The van der Waals surface area contributed by atoms with E-state index in [1.54, 1.807) is 19.5 Å². The highest BCUT2D eigenvalue weighted by Gasteiger charge is 2.27. The van der Waals surface area contributed by atoms with Gasteiger partial charge >= 0.3 is 0 Å². The molecule has 1 aliphatic heterocycles. The predicted octanol–water partition coefficient (Wildman–Crippen LogP) is 1.93. The first-order chi connectivity index (χ1) is 9.78. The van der Waals surface area contributed by atoms with Crippen LogP contribution in [0.4, 0.5) is 0 Å². The maximum absolute atomic E-state index is 6.25. The molecule has 1 aliphatic rings. The zero-order valence-corrected chi connectivity index (χ0v) is 11.2. The van der Waals surface area contributed by atoms with Gasteiger partial charge in [0.15, 0.2) is 17.6 Å². The normalized spacial score (nSPS) is 18.4. The Morgan fingerprint density at radius 2 is 2.10 bits per heavy atom. The number of nitrogens with two attached hydrogens (primary N) is 1. The van der Waals surface area contributed by atoms with Gasteiger partial charge in [-0.1, -0.05) is 12.1 Å². The summed E-state index contributed by atoms with van der Waals surface area (Å²) in [6.45, 7) is 0.412. The molecule has 0 saturated heterocycles. The number of rotatable bonds is 3. The molecule has 3 rings (SSSR count). The molecule has 0 radical (unpaired) electrons. The number of para-hydroxylation sites is 2. The SMILES string of the molecule is COc1cncc(C(N)C2COc3ccccc3O2)c1. The minimum atomic E-state index is -0.328. The summed E-state index contributed by atoms with van der Waals surface area (Å²) in [5.41, 5.74) is 7.11. The highest BCUT2D eigenvalue weighted by molar-refractivity contribution is 5.41. The summed E-state index contributed by atoms with van der Waals surface area (Å²) in [4.78, 5) is 4.11. The number of hydrogen-bond donors (Lipinski definition) is 1. The standard InChI is InChI=1S/C15H16N2O3/c1-18-11-6-10(7-17-8-11)15(16)14-9-19-12-4-2-3-5-13(12)20-14/h2-8,14-15H,9,16H2,1H3. The molecule has 2 aromatic rings. The predicted molar refractivity (Wildman–Crippen MR) is 74.1 cm³/mol. The minimum Gasteiger partial charge on any atom is -0.495 e. The van der Waals surface area contributed by atoms with E-state index in [1.165, 1.54) is 0 Å². The largest absolute Gasteiger partial charge is 0.495 e. The molecule has 2 atom stereocenters. The van der Waals surface area contributed by atoms with Crippen molar-refractivity contribution in [1.82, 2.24) is 4.98 Å². The van der Waals surface area contributed by atoms with Crippen molar-refractivity contribution in [3.63, 3.8) is 0 Å². The van der Waals surface area contributed by atoms with Crippen LogP contribution in [0.25, 0.3) is 0 Å². The maximum Gasteiger partial charge on any atom is 0.161 e. The Balaban J connectivity index is 1.80. The molecule has 0 amide bonds. The number of ether oxygens (including phenoxy) is 3. The molecule has 5 heteroatoms. The number of pyridine rings is 1. The second kappa shape index (κ2) is 5.38. The summed E-state index contributed by atoms with van der Waals surface area (Å²) in [5.74, 6) is 2.14. The fraction of sp³-hybridized carbons (Fsp3) is 0.267. The van der Waals surface area contributed by atoms with Crippen molar-refractivity contribution in [2.24, 2.45) is 5.73 Å². The monoisotopic (exact) mass is 272 g/mol. The Labute approximate surface area is 117 Å². The molecule has 20 heavy (non-hydrogen) atoms. The van der Waals surface area contributed by atoms with Crippen LogP contribution in [0.2, 0.25) is 0 Å². The molecular formula is C15H16N2O3. The van der Waals surface area contributed by atoms with Gasteiger partial charge in [-0.25, -0.2) is 0 Å². The summed E-state index contributed by atoms with van der Waals surface area (Å²) in [6.07, 6.45) is 3.11. The van der Waals surface area contributed by atoms with Crippen molar-refractivity contribution in [3.05, 3.63) is 48.3 Å². The number of methoxy groups -OCH3 is 1. The van der Waals surface area contributed by atoms with Crippen LogP contribution in [-0.4, -0.2) is 24.8 Å². The van der Waals surface area contributed by atoms with E-state index in [-0.39, 0.29) is 12.1 Å². The minimum absolute atomic E-state index is 0.251. The average Bonchev–Trinajstić information content (AvgIpc) is 2.53. The molecule has 0 aliphatic carbocycles. The van der Waals surface area contributed by atoms with E-state index in [0.717, 1.165) is 17.1 Å². The summed E-state index contributed by atoms with van der Waals surface area (Å²) in [7, 11) is 1.60. The van der Waals surface area contributed by atoms with E-state index in [9.17, 15) is 0 Å². The van der Waals surface area contributed by atoms with Gasteiger partial charge in [0.25, 0.3) is 0 Å². The van der Waals surface area contributed by atoms with Gasteiger partial charge in [-0.05, 0) is 23.8 Å². The van der Waals surface area contributed by atoms with E-state index < -0.39 is 0 Å². The fourth-order valence-corrected chi connectivity index (χ4v) is 2.16. The van der Waals surface area contributed by atoms with Gasteiger partial charge in [-0.2, -0.15) is 0 Å². The molecule has 2 unspecified atom stereocenters. The molecule has 2 N–H and O–H groups in total. The number of fused-ring (bicyclic) bond motifs is 1. The Kier molecular flexibility index (Phi) is 3.43. The Hall–Kier alpha value is -2.27. The molecule has 1 aromatic carbocycles. The van der Waals surface area contributed by atoms with E-state index in [4.69, 9.17) is 19.9 Å². The van der Waals surface area contributed by atoms with Crippen molar-refractivity contribution in [1.29, 1.82) is 0 Å². The summed E-state index contributed by atoms with van der Waals surface area (Å²) >= 11 is 0. The van der Waals surface area contributed by atoms with Crippen molar-refractivity contribution in [2.45, 2.75) is 12.1 Å². The Morgan fingerprint density at radius 1 is 1.30 bits per heavy atom. The van der Waals surface area contributed by atoms with Crippen LogP contribution in [0.15, 0.2) is 42.7 Å². The van der Waals surface area contributed by atoms with Crippen molar-refractivity contribution >= 4 is 0 Å². The van der Waals surface area contributed by atoms with Crippen LogP contribution in [0.5, 0.6) is 17.2 Å². The topological polar surface area (TPSA) is 66.6 Å². The third-order valence-corrected chi connectivity index (χ3v) is 3.29. The van der Waals surface area contributed by atoms with Gasteiger partial charge < -0.3 is 19.9 Å². The first-order valence-corrected chi connectivity index (χ1v) is 6.41. The lowest BCUT2D eigenvalue weighted by molar-refractivity contribution is 0.0720. The fourth-order valence-electron chi connectivity index (χ4n) is 2.16. The lowest BCUT2D eigenvalue weighted by Crippen LogP contribution is -2.39. The highest BCUT2D eigenvalue weighted by atomic mass is 16.6. The molecule has 5 nitrogen and oxygen atoms in total. The zero-order chi connectivity index (χ0) is 13.9. The van der Waals surface area contributed by atoms with E-state index >= 15 is 0 Å². The summed E-state index contributed by atoms with van der Waals surface area (Å²) in [5, 5.41) is 0. The molecule has 0 bridgehead atoms.